The molecule has 96 valence electrons. The third-order valence-electron chi connectivity index (χ3n) is 3.20. The maximum atomic E-state index is 5.66. The van der Waals surface area contributed by atoms with Crippen LogP contribution >= 0.6 is 0 Å². The first-order valence-corrected chi connectivity index (χ1v) is 6.79. The number of nitrogens with one attached hydrogen (secondary N) is 1. The summed E-state index contributed by atoms with van der Waals surface area (Å²) in [5.74, 6) is 0. The zero-order valence-corrected chi connectivity index (χ0v) is 11.2. The van der Waals surface area contributed by atoms with E-state index in [9.17, 15) is 0 Å². The lowest BCUT2D eigenvalue weighted by Crippen LogP contribution is -2.41. The molecule has 16 heavy (non-hydrogen) atoms. The molecule has 3 nitrogen and oxygen atoms in total. The van der Waals surface area contributed by atoms with Gasteiger partial charge in [-0.05, 0) is 32.9 Å². The fourth-order valence-corrected chi connectivity index (χ4v) is 2.48. The normalized spacial score (nSPS) is 22.9. The Morgan fingerprint density at radius 3 is 2.81 bits per heavy atom. The zero-order chi connectivity index (χ0) is 11.8. The van der Waals surface area contributed by atoms with Gasteiger partial charge in [0.1, 0.15) is 0 Å². The van der Waals surface area contributed by atoms with E-state index >= 15 is 0 Å². The molecule has 1 fully saturated rings. The molecule has 0 aromatic heterocycles. The minimum atomic E-state index is 0.480. The van der Waals surface area contributed by atoms with Crippen LogP contribution in [-0.2, 0) is 4.74 Å². The van der Waals surface area contributed by atoms with Crippen LogP contribution in [-0.4, -0.2) is 50.3 Å². The van der Waals surface area contributed by atoms with E-state index in [1.165, 1.54) is 25.7 Å². The Bertz CT molecular complexity index is 163. The van der Waals surface area contributed by atoms with Crippen molar-refractivity contribution in [2.24, 2.45) is 0 Å². The molecule has 1 saturated heterocycles. The van der Waals surface area contributed by atoms with Gasteiger partial charge in [-0.2, -0.15) is 0 Å². The fourth-order valence-electron chi connectivity index (χ4n) is 2.48. The predicted octanol–water partition coefficient (Wildman–Crippen LogP) is 1.88. The van der Waals surface area contributed by atoms with Crippen LogP contribution in [0, 0.1) is 0 Å². The molecular formula is C13H28N2O. The predicted molar refractivity (Wildman–Crippen MR) is 68.8 cm³/mol. The van der Waals surface area contributed by atoms with Gasteiger partial charge in [0.25, 0.3) is 0 Å². The number of hydrogen-bond donors (Lipinski definition) is 1. The first-order chi connectivity index (χ1) is 7.76. The van der Waals surface area contributed by atoms with E-state index in [1.807, 2.05) is 0 Å². The topological polar surface area (TPSA) is 24.5 Å². The Hall–Kier alpha value is -0.120. The number of ether oxygens (including phenoxy) is 1. The van der Waals surface area contributed by atoms with E-state index in [2.05, 4.69) is 31.1 Å². The van der Waals surface area contributed by atoms with Crippen molar-refractivity contribution in [1.29, 1.82) is 0 Å². The van der Waals surface area contributed by atoms with Gasteiger partial charge in [-0.1, -0.05) is 20.3 Å². The molecule has 0 radical (unpaired) electrons. The summed E-state index contributed by atoms with van der Waals surface area (Å²) in [6, 6.07) is 0.640. The Balaban J connectivity index is 2.20. The second-order valence-electron chi connectivity index (χ2n) is 4.90. The van der Waals surface area contributed by atoms with Crippen LogP contribution in [0.1, 0.15) is 39.5 Å². The highest BCUT2D eigenvalue weighted by atomic mass is 16.5. The van der Waals surface area contributed by atoms with Crippen LogP contribution in [0.4, 0.5) is 0 Å². The molecule has 0 bridgehead atoms. The largest absolute Gasteiger partial charge is 0.377 e. The lowest BCUT2D eigenvalue weighted by atomic mass is 10.1. The van der Waals surface area contributed by atoms with Crippen LogP contribution in [0.3, 0.4) is 0 Å². The van der Waals surface area contributed by atoms with E-state index in [0.29, 0.717) is 12.1 Å². The van der Waals surface area contributed by atoms with E-state index in [4.69, 9.17) is 4.74 Å². The molecule has 0 spiro atoms. The average molecular weight is 228 g/mol. The van der Waals surface area contributed by atoms with Crippen molar-refractivity contribution in [3.63, 3.8) is 0 Å². The molecule has 1 aliphatic rings. The van der Waals surface area contributed by atoms with Gasteiger partial charge in [-0.25, -0.2) is 0 Å². The quantitative estimate of drug-likeness (QED) is 0.686. The number of hydrogen-bond acceptors (Lipinski definition) is 3. The summed E-state index contributed by atoms with van der Waals surface area (Å²) < 4.78 is 5.66. The van der Waals surface area contributed by atoms with E-state index in [0.717, 1.165) is 26.2 Å². The van der Waals surface area contributed by atoms with Gasteiger partial charge >= 0.3 is 0 Å². The molecule has 2 unspecified atom stereocenters. The first kappa shape index (κ1) is 13.9. The maximum Gasteiger partial charge on any atom is 0.0702 e. The van der Waals surface area contributed by atoms with Crippen LogP contribution in [0.25, 0.3) is 0 Å². The van der Waals surface area contributed by atoms with Crippen LogP contribution < -0.4 is 5.32 Å². The smallest absolute Gasteiger partial charge is 0.0702 e. The Morgan fingerprint density at radius 1 is 1.44 bits per heavy atom. The number of nitrogens with zero attached hydrogens (tertiary/aromatic N) is 1. The van der Waals surface area contributed by atoms with Gasteiger partial charge in [0.15, 0.2) is 0 Å². The van der Waals surface area contributed by atoms with Crippen molar-refractivity contribution < 1.29 is 4.74 Å². The summed E-state index contributed by atoms with van der Waals surface area (Å²) >= 11 is 0. The van der Waals surface area contributed by atoms with Crippen molar-refractivity contribution in [3.8, 4) is 0 Å². The van der Waals surface area contributed by atoms with Gasteiger partial charge in [-0.15, -0.1) is 0 Å². The second-order valence-corrected chi connectivity index (χ2v) is 4.90. The second kappa shape index (κ2) is 8.04. The SMILES string of the molecule is CCCC(CN(C)CC1CCCO1)NCC. The van der Waals surface area contributed by atoms with E-state index < -0.39 is 0 Å². The van der Waals surface area contributed by atoms with Gasteiger partial charge in [0, 0.05) is 25.7 Å². The summed E-state index contributed by atoms with van der Waals surface area (Å²) in [6.45, 7) is 8.70. The molecular weight excluding hydrogens is 200 g/mol. The zero-order valence-electron chi connectivity index (χ0n) is 11.2. The Morgan fingerprint density at radius 2 is 2.25 bits per heavy atom. The Labute approximate surface area is 101 Å². The maximum absolute atomic E-state index is 5.66. The molecule has 1 aliphatic heterocycles. The minimum absolute atomic E-state index is 0.480. The molecule has 1 heterocycles. The first-order valence-electron chi connectivity index (χ1n) is 6.79. The van der Waals surface area contributed by atoms with Gasteiger partial charge in [-0.3, -0.25) is 0 Å². The molecule has 3 heteroatoms. The number of likely N-dealkylation sites (N-methyl/N-ethyl adjacent to an activating group) is 2. The molecule has 0 aliphatic carbocycles. The summed E-state index contributed by atoms with van der Waals surface area (Å²) in [6.07, 6.45) is 5.48. The minimum Gasteiger partial charge on any atom is -0.377 e. The lowest BCUT2D eigenvalue weighted by Gasteiger charge is -2.26. The van der Waals surface area contributed by atoms with Crippen LogP contribution in [0.15, 0.2) is 0 Å². The fraction of sp³-hybridized carbons (Fsp3) is 1.00. The lowest BCUT2D eigenvalue weighted by molar-refractivity contribution is 0.0781. The van der Waals surface area contributed by atoms with E-state index in [-0.39, 0.29) is 0 Å². The molecule has 0 saturated carbocycles. The van der Waals surface area contributed by atoms with Gasteiger partial charge in [0.05, 0.1) is 6.10 Å². The van der Waals surface area contributed by atoms with Gasteiger partial charge < -0.3 is 15.0 Å². The summed E-state index contributed by atoms with van der Waals surface area (Å²) in [4.78, 5) is 2.42. The highest BCUT2D eigenvalue weighted by molar-refractivity contribution is 4.73. The molecule has 0 aromatic rings. The van der Waals surface area contributed by atoms with Crippen LogP contribution in [0.2, 0.25) is 0 Å². The van der Waals surface area contributed by atoms with E-state index in [1.54, 1.807) is 0 Å². The summed E-state index contributed by atoms with van der Waals surface area (Å²) in [5, 5.41) is 3.56. The van der Waals surface area contributed by atoms with Crippen molar-refractivity contribution in [1.82, 2.24) is 10.2 Å². The standard InChI is InChI=1S/C13H28N2O/c1-4-7-12(14-5-2)10-15(3)11-13-8-6-9-16-13/h12-14H,4-11H2,1-3H3. The van der Waals surface area contributed by atoms with Gasteiger partial charge in [0.2, 0.25) is 0 Å². The van der Waals surface area contributed by atoms with Crippen molar-refractivity contribution >= 4 is 0 Å². The average Bonchev–Trinajstić information content (AvgIpc) is 2.71. The van der Waals surface area contributed by atoms with Crippen molar-refractivity contribution in [3.05, 3.63) is 0 Å². The summed E-state index contributed by atoms with van der Waals surface area (Å²) in [5.41, 5.74) is 0. The molecule has 0 aromatic carbocycles. The highest BCUT2D eigenvalue weighted by Gasteiger charge is 2.18. The van der Waals surface area contributed by atoms with Crippen molar-refractivity contribution in [2.75, 3.05) is 33.3 Å². The summed E-state index contributed by atoms with van der Waals surface area (Å²) in [7, 11) is 2.21. The van der Waals surface area contributed by atoms with Crippen molar-refractivity contribution in [2.45, 2.75) is 51.7 Å². The monoisotopic (exact) mass is 228 g/mol. The molecule has 1 rings (SSSR count). The van der Waals surface area contributed by atoms with Crippen LogP contribution in [0.5, 0.6) is 0 Å². The number of rotatable bonds is 8. The highest BCUT2D eigenvalue weighted by Crippen LogP contribution is 2.13. The molecule has 0 amide bonds. The Kier molecular flexibility index (Phi) is 7.01. The molecule has 2 atom stereocenters. The molecule has 1 N–H and O–H groups in total. The third-order valence-corrected chi connectivity index (χ3v) is 3.20. The third kappa shape index (κ3) is 5.28.